The van der Waals surface area contributed by atoms with E-state index in [1.165, 1.54) is 0 Å². The molecule has 80 valence electrons. The minimum Gasteiger partial charge on any atom is -0.369 e. The van der Waals surface area contributed by atoms with Crippen LogP contribution >= 0.6 is 0 Å². The van der Waals surface area contributed by atoms with Crippen LogP contribution in [0.25, 0.3) is 0 Å². The molecule has 0 aliphatic carbocycles. The van der Waals surface area contributed by atoms with Crippen molar-refractivity contribution < 1.29 is 9.26 Å². The minimum absolute atomic E-state index is 0.111. The van der Waals surface area contributed by atoms with Gasteiger partial charge in [0.25, 0.3) is 5.89 Å². The molecule has 1 aromatic rings. The predicted molar refractivity (Wildman–Crippen MR) is 51.8 cm³/mol. The van der Waals surface area contributed by atoms with Crippen molar-refractivity contribution in [1.29, 1.82) is 0 Å². The summed E-state index contributed by atoms with van der Waals surface area (Å²) in [5, 5.41) is 3.86. The Morgan fingerprint density at radius 3 is 2.71 bits per heavy atom. The first-order valence-electron chi connectivity index (χ1n) is 4.60. The third-order valence-electron chi connectivity index (χ3n) is 2.26. The summed E-state index contributed by atoms with van der Waals surface area (Å²) in [5.74, 6) is 1.23. The summed E-state index contributed by atoms with van der Waals surface area (Å²) in [6.07, 6.45) is 0. The quantitative estimate of drug-likeness (QED) is 0.783. The average molecular weight is 199 g/mol. The van der Waals surface area contributed by atoms with E-state index in [1.54, 1.807) is 7.11 Å². The first-order valence-corrected chi connectivity index (χ1v) is 4.60. The largest absolute Gasteiger partial charge is 0.369 e. The molecule has 0 fully saturated rings. The van der Waals surface area contributed by atoms with Crippen LogP contribution in [0.3, 0.4) is 0 Å². The lowest BCUT2D eigenvalue weighted by molar-refractivity contribution is -0.00786. The second-order valence-electron chi connectivity index (χ2n) is 3.81. The fourth-order valence-corrected chi connectivity index (χ4v) is 0.872. The number of methoxy groups -OCH3 is 1. The maximum atomic E-state index is 5.50. The lowest BCUT2D eigenvalue weighted by Gasteiger charge is -2.16. The van der Waals surface area contributed by atoms with E-state index in [2.05, 4.69) is 10.1 Å². The highest BCUT2D eigenvalue weighted by molar-refractivity contribution is 4.99. The maximum Gasteiger partial charge on any atom is 0.258 e. The van der Waals surface area contributed by atoms with Crippen molar-refractivity contribution in [2.75, 3.05) is 13.7 Å². The van der Waals surface area contributed by atoms with Crippen LogP contribution in [0.15, 0.2) is 4.52 Å². The summed E-state index contributed by atoms with van der Waals surface area (Å²) in [4.78, 5) is 4.24. The van der Waals surface area contributed by atoms with Crippen LogP contribution in [-0.2, 0) is 10.3 Å². The van der Waals surface area contributed by atoms with Crippen molar-refractivity contribution >= 4 is 0 Å². The van der Waals surface area contributed by atoms with E-state index in [4.69, 9.17) is 15.0 Å². The molecule has 2 N–H and O–H groups in total. The lowest BCUT2D eigenvalue weighted by atomic mass is 10.1. The van der Waals surface area contributed by atoms with E-state index < -0.39 is 5.60 Å². The fraction of sp³-hybridized carbons (Fsp3) is 0.778. The van der Waals surface area contributed by atoms with Crippen LogP contribution in [0.5, 0.6) is 0 Å². The van der Waals surface area contributed by atoms with Crippen LogP contribution in [0, 0.1) is 0 Å². The normalized spacial score (nSPS) is 14.4. The Morgan fingerprint density at radius 1 is 1.57 bits per heavy atom. The van der Waals surface area contributed by atoms with E-state index in [-0.39, 0.29) is 5.92 Å². The Bertz CT molecular complexity index is 296. The molecule has 5 nitrogen and oxygen atoms in total. The smallest absolute Gasteiger partial charge is 0.258 e. The van der Waals surface area contributed by atoms with E-state index in [0.717, 1.165) is 0 Å². The Kier molecular flexibility index (Phi) is 3.23. The highest BCUT2D eigenvalue weighted by Crippen LogP contribution is 2.23. The number of ether oxygens (including phenoxy) is 1. The second kappa shape index (κ2) is 4.06. The van der Waals surface area contributed by atoms with Crippen molar-refractivity contribution in [3.63, 3.8) is 0 Å². The molecular weight excluding hydrogens is 182 g/mol. The maximum absolute atomic E-state index is 5.50. The van der Waals surface area contributed by atoms with E-state index in [9.17, 15) is 0 Å². The molecule has 0 saturated carbocycles. The van der Waals surface area contributed by atoms with Gasteiger partial charge in [-0.1, -0.05) is 12.1 Å². The van der Waals surface area contributed by atoms with Gasteiger partial charge < -0.3 is 15.0 Å². The standard InChI is InChI=1S/C9H17N3O2/c1-6(5-10)7-11-8(14-12-7)9(2,3)13-4/h6H,5,10H2,1-4H3. The van der Waals surface area contributed by atoms with Gasteiger partial charge in [-0.2, -0.15) is 4.98 Å². The molecule has 0 aliphatic rings. The van der Waals surface area contributed by atoms with E-state index in [1.807, 2.05) is 20.8 Å². The summed E-state index contributed by atoms with van der Waals surface area (Å²) in [6.45, 7) is 6.20. The summed E-state index contributed by atoms with van der Waals surface area (Å²) in [6, 6.07) is 0. The summed E-state index contributed by atoms with van der Waals surface area (Å²) in [5.41, 5.74) is 4.96. The van der Waals surface area contributed by atoms with E-state index >= 15 is 0 Å². The molecule has 1 aromatic heterocycles. The second-order valence-corrected chi connectivity index (χ2v) is 3.81. The summed E-state index contributed by atoms with van der Waals surface area (Å²) < 4.78 is 10.3. The average Bonchev–Trinajstić information content (AvgIpc) is 2.66. The van der Waals surface area contributed by atoms with Gasteiger partial charge in [-0.3, -0.25) is 0 Å². The molecule has 1 unspecified atom stereocenters. The zero-order chi connectivity index (χ0) is 10.8. The monoisotopic (exact) mass is 199 g/mol. The van der Waals surface area contributed by atoms with Crippen LogP contribution in [-0.4, -0.2) is 23.8 Å². The molecule has 5 heteroatoms. The number of rotatable bonds is 4. The van der Waals surface area contributed by atoms with Crippen LogP contribution in [0.1, 0.15) is 38.4 Å². The van der Waals surface area contributed by atoms with Gasteiger partial charge in [0.05, 0.1) is 0 Å². The Hall–Kier alpha value is -0.940. The van der Waals surface area contributed by atoms with Crippen molar-refractivity contribution in [3.05, 3.63) is 11.7 Å². The third kappa shape index (κ3) is 2.10. The molecule has 0 amide bonds. The number of hydrogen-bond acceptors (Lipinski definition) is 5. The van der Waals surface area contributed by atoms with Gasteiger partial charge >= 0.3 is 0 Å². The van der Waals surface area contributed by atoms with Crippen molar-refractivity contribution in [3.8, 4) is 0 Å². The van der Waals surface area contributed by atoms with E-state index in [0.29, 0.717) is 18.3 Å². The Morgan fingerprint density at radius 2 is 2.21 bits per heavy atom. The molecule has 0 aromatic carbocycles. The van der Waals surface area contributed by atoms with Crippen LogP contribution in [0.4, 0.5) is 0 Å². The van der Waals surface area contributed by atoms with Crippen LogP contribution in [0.2, 0.25) is 0 Å². The summed E-state index contributed by atoms with van der Waals surface area (Å²) >= 11 is 0. The zero-order valence-corrected chi connectivity index (χ0v) is 9.07. The Labute approximate surface area is 83.6 Å². The first-order chi connectivity index (χ1) is 6.51. The van der Waals surface area contributed by atoms with Crippen molar-refractivity contribution in [1.82, 2.24) is 10.1 Å². The van der Waals surface area contributed by atoms with Crippen molar-refractivity contribution in [2.24, 2.45) is 5.73 Å². The molecule has 0 aliphatic heterocycles. The van der Waals surface area contributed by atoms with Crippen molar-refractivity contribution in [2.45, 2.75) is 32.3 Å². The highest BCUT2D eigenvalue weighted by atomic mass is 16.5. The number of nitrogens with zero attached hydrogens (tertiary/aromatic N) is 2. The topological polar surface area (TPSA) is 74.2 Å². The van der Waals surface area contributed by atoms with Gasteiger partial charge in [0.2, 0.25) is 0 Å². The Balaban J connectivity index is 2.88. The van der Waals surface area contributed by atoms with Gasteiger partial charge in [-0.15, -0.1) is 0 Å². The number of hydrogen-bond donors (Lipinski definition) is 1. The minimum atomic E-state index is -0.542. The van der Waals surface area contributed by atoms with Crippen LogP contribution < -0.4 is 5.73 Å². The first kappa shape index (κ1) is 11.1. The molecule has 0 bridgehead atoms. The van der Waals surface area contributed by atoms with Gasteiger partial charge in [0, 0.05) is 19.6 Å². The van der Waals surface area contributed by atoms with Gasteiger partial charge in [0.15, 0.2) is 5.82 Å². The predicted octanol–water partition coefficient (Wildman–Crippen LogP) is 1.01. The molecule has 0 saturated heterocycles. The van der Waals surface area contributed by atoms with Gasteiger partial charge in [-0.25, -0.2) is 0 Å². The lowest BCUT2D eigenvalue weighted by Crippen LogP contribution is -2.20. The molecule has 0 spiro atoms. The van der Waals surface area contributed by atoms with Gasteiger partial charge in [-0.05, 0) is 13.8 Å². The molecular formula is C9H17N3O2. The highest BCUT2D eigenvalue weighted by Gasteiger charge is 2.27. The number of nitrogens with two attached hydrogens (primary N) is 1. The molecule has 0 radical (unpaired) electrons. The molecule has 1 heterocycles. The molecule has 1 atom stereocenters. The molecule has 14 heavy (non-hydrogen) atoms. The molecule has 1 rings (SSSR count). The zero-order valence-electron chi connectivity index (χ0n) is 9.07. The summed E-state index contributed by atoms with van der Waals surface area (Å²) in [7, 11) is 1.61. The third-order valence-corrected chi connectivity index (χ3v) is 2.26. The fourth-order valence-electron chi connectivity index (χ4n) is 0.872. The SMILES string of the molecule is COC(C)(C)c1nc(C(C)CN)no1. The number of aromatic nitrogens is 2. The van der Waals surface area contributed by atoms with Gasteiger partial charge in [0.1, 0.15) is 5.60 Å².